The summed E-state index contributed by atoms with van der Waals surface area (Å²) in [5, 5.41) is 0. The second-order valence-electron chi connectivity index (χ2n) is 4.05. The molecule has 1 atom stereocenters. The van der Waals surface area contributed by atoms with Crippen LogP contribution in [0.15, 0.2) is 50.5 Å². The Morgan fingerprint density at radius 2 is 1.89 bits per heavy atom. The van der Waals surface area contributed by atoms with Crippen molar-refractivity contribution in [2.75, 3.05) is 0 Å². The van der Waals surface area contributed by atoms with Gasteiger partial charge in [-0.1, -0.05) is 37.3 Å². The Hall–Kier alpha value is -0.690. The molecule has 0 aliphatic rings. The van der Waals surface area contributed by atoms with Crippen LogP contribution in [0.3, 0.4) is 0 Å². The number of sulfonamides is 1. The molecule has 0 aliphatic carbocycles. The molecule has 0 fully saturated rings. The van der Waals surface area contributed by atoms with E-state index in [1.165, 1.54) is 11.3 Å². The van der Waals surface area contributed by atoms with Crippen LogP contribution in [-0.2, 0) is 10.0 Å². The molecule has 2 aromatic rings. The molecule has 2 rings (SSSR count). The zero-order valence-electron chi connectivity index (χ0n) is 10.3. The van der Waals surface area contributed by atoms with Crippen LogP contribution in [0.5, 0.6) is 0 Å². The SMILES string of the molecule is CC[C@@H](NS(=O)(=O)c1ccc(Br)s1)c1ccccc1. The molecule has 19 heavy (non-hydrogen) atoms. The molecule has 3 nitrogen and oxygen atoms in total. The zero-order valence-corrected chi connectivity index (χ0v) is 13.6. The third kappa shape index (κ3) is 3.66. The Kier molecular flexibility index (Phi) is 4.78. The van der Waals surface area contributed by atoms with Crippen LogP contribution in [0.25, 0.3) is 0 Å². The molecule has 1 aromatic carbocycles. The van der Waals surface area contributed by atoms with Crippen LogP contribution >= 0.6 is 27.3 Å². The highest BCUT2D eigenvalue weighted by Gasteiger charge is 2.21. The molecule has 0 saturated heterocycles. The number of hydrogen-bond donors (Lipinski definition) is 1. The molecular formula is C13H14BrNO2S2. The van der Waals surface area contributed by atoms with Crippen molar-refractivity contribution in [2.45, 2.75) is 23.6 Å². The van der Waals surface area contributed by atoms with E-state index in [4.69, 9.17) is 0 Å². The van der Waals surface area contributed by atoms with Crippen molar-refractivity contribution in [3.63, 3.8) is 0 Å². The van der Waals surface area contributed by atoms with E-state index in [1.807, 2.05) is 37.3 Å². The van der Waals surface area contributed by atoms with Gasteiger partial charge in [-0.2, -0.15) is 0 Å². The number of hydrogen-bond acceptors (Lipinski definition) is 3. The van der Waals surface area contributed by atoms with Crippen molar-refractivity contribution in [1.29, 1.82) is 0 Å². The van der Waals surface area contributed by atoms with Gasteiger partial charge >= 0.3 is 0 Å². The predicted octanol–water partition coefficient (Wildman–Crippen LogP) is 3.94. The fraction of sp³-hybridized carbons (Fsp3) is 0.231. The van der Waals surface area contributed by atoms with Gasteiger partial charge in [0.25, 0.3) is 10.0 Å². The van der Waals surface area contributed by atoms with E-state index in [0.717, 1.165) is 9.35 Å². The van der Waals surface area contributed by atoms with E-state index >= 15 is 0 Å². The van der Waals surface area contributed by atoms with Gasteiger partial charge in [-0.25, -0.2) is 13.1 Å². The molecule has 6 heteroatoms. The highest BCUT2D eigenvalue weighted by Crippen LogP contribution is 2.27. The van der Waals surface area contributed by atoms with Crippen LogP contribution < -0.4 is 4.72 Å². The average molecular weight is 360 g/mol. The molecule has 102 valence electrons. The van der Waals surface area contributed by atoms with Gasteiger partial charge in [0.2, 0.25) is 0 Å². The summed E-state index contributed by atoms with van der Waals surface area (Å²) < 4.78 is 28.4. The summed E-state index contributed by atoms with van der Waals surface area (Å²) in [5.41, 5.74) is 0.976. The number of halogens is 1. The van der Waals surface area contributed by atoms with E-state index in [-0.39, 0.29) is 6.04 Å². The van der Waals surface area contributed by atoms with E-state index in [0.29, 0.717) is 10.6 Å². The minimum absolute atomic E-state index is 0.202. The predicted molar refractivity (Wildman–Crippen MR) is 81.8 cm³/mol. The molecule has 0 saturated carbocycles. The monoisotopic (exact) mass is 359 g/mol. The maximum absolute atomic E-state index is 12.3. The van der Waals surface area contributed by atoms with Gasteiger partial charge < -0.3 is 0 Å². The first kappa shape index (κ1) is 14.7. The maximum atomic E-state index is 12.3. The Bertz CT molecular complexity index is 638. The van der Waals surface area contributed by atoms with Gasteiger partial charge in [0.1, 0.15) is 4.21 Å². The van der Waals surface area contributed by atoms with Crippen LogP contribution in [0.2, 0.25) is 0 Å². The van der Waals surface area contributed by atoms with Crippen LogP contribution in [0.4, 0.5) is 0 Å². The lowest BCUT2D eigenvalue weighted by Gasteiger charge is -2.16. The van der Waals surface area contributed by atoms with Gasteiger partial charge in [0.15, 0.2) is 0 Å². The topological polar surface area (TPSA) is 46.2 Å². The highest BCUT2D eigenvalue weighted by atomic mass is 79.9. The molecule has 0 bridgehead atoms. The molecule has 0 aliphatic heterocycles. The normalized spacial score (nSPS) is 13.4. The van der Waals surface area contributed by atoms with Crippen molar-refractivity contribution in [1.82, 2.24) is 4.72 Å². The molecule has 1 N–H and O–H groups in total. The molecule has 0 amide bonds. The summed E-state index contributed by atoms with van der Waals surface area (Å²) in [6.45, 7) is 1.96. The first-order chi connectivity index (χ1) is 9.03. The van der Waals surface area contributed by atoms with E-state index in [1.54, 1.807) is 12.1 Å². The second kappa shape index (κ2) is 6.17. The van der Waals surface area contributed by atoms with Gasteiger partial charge in [-0.3, -0.25) is 0 Å². The Balaban J connectivity index is 2.23. The fourth-order valence-corrected chi connectivity index (χ4v) is 5.09. The minimum Gasteiger partial charge on any atom is -0.206 e. The quantitative estimate of drug-likeness (QED) is 0.878. The lowest BCUT2D eigenvalue weighted by Crippen LogP contribution is -2.27. The lowest BCUT2D eigenvalue weighted by atomic mass is 10.1. The highest BCUT2D eigenvalue weighted by molar-refractivity contribution is 9.11. The maximum Gasteiger partial charge on any atom is 0.250 e. The van der Waals surface area contributed by atoms with Gasteiger partial charge in [-0.05, 0) is 40.0 Å². The Morgan fingerprint density at radius 3 is 2.42 bits per heavy atom. The smallest absolute Gasteiger partial charge is 0.206 e. The number of thiophene rings is 1. The summed E-state index contributed by atoms with van der Waals surface area (Å²) in [7, 11) is -3.46. The first-order valence-electron chi connectivity index (χ1n) is 5.85. The molecule has 0 unspecified atom stereocenters. The number of benzene rings is 1. The summed E-state index contributed by atoms with van der Waals surface area (Å²) in [4.78, 5) is 0. The summed E-state index contributed by atoms with van der Waals surface area (Å²) >= 11 is 4.49. The standard InChI is InChI=1S/C13H14BrNO2S2/c1-2-11(10-6-4-3-5-7-10)15-19(16,17)13-9-8-12(14)18-13/h3-9,11,15H,2H2,1H3/t11-/m1/s1. The van der Waals surface area contributed by atoms with Crippen molar-refractivity contribution in [3.8, 4) is 0 Å². The minimum atomic E-state index is -3.46. The Morgan fingerprint density at radius 1 is 1.21 bits per heavy atom. The van der Waals surface area contributed by atoms with E-state index in [2.05, 4.69) is 20.7 Å². The molecule has 1 heterocycles. The van der Waals surface area contributed by atoms with Crippen LogP contribution in [-0.4, -0.2) is 8.42 Å². The van der Waals surface area contributed by atoms with E-state index < -0.39 is 10.0 Å². The summed E-state index contributed by atoms with van der Waals surface area (Å²) in [5.74, 6) is 0. The van der Waals surface area contributed by atoms with Gasteiger partial charge in [-0.15, -0.1) is 11.3 Å². The third-order valence-electron chi connectivity index (χ3n) is 2.72. The molecule has 1 aromatic heterocycles. The van der Waals surface area contributed by atoms with Crippen molar-refractivity contribution >= 4 is 37.3 Å². The fourth-order valence-electron chi connectivity index (χ4n) is 1.76. The second-order valence-corrected chi connectivity index (χ2v) is 8.46. The summed E-state index contributed by atoms with van der Waals surface area (Å²) in [6.07, 6.45) is 0.704. The molecule has 0 spiro atoms. The third-order valence-corrected chi connectivity index (χ3v) is 6.31. The largest absolute Gasteiger partial charge is 0.250 e. The van der Waals surface area contributed by atoms with Gasteiger partial charge in [0.05, 0.1) is 3.79 Å². The van der Waals surface area contributed by atoms with Crippen molar-refractivity contribution in [2.24, 2.45) is 0 Å². The van der Waals surface area contributed by atoms with Crippen LogP contribution in [0.1, 0.15) is 24.9 Å². The number of nitrogens with one attached hydrogen (secondary N) is 1. The summed E-state index contributed by atoms with van der Waals surface area (Å²) in [6, 6.07) is 12.7. The van der Waals surface area contributed by atoms with Crippen molar-refractivity contribution < 1.29 is 8.42 Å². The van der Waals surface area contributed by atoms with Crippen molar-refractivity contribution in [3.05, 3.63) is 51.8 Å². The van der Waals surface area contributed by atoms with Crippen LogP contribution in [0, 0.1) is 0 Å². The van der Waals surface area contributed by atoms with E-state index in [9.17, 15) is 8.42 Å². The molecule has 0 radical (unpaired) electrons. The Labute approximate surface area is 125 Å². The number of rotatable bonds is 5. The first-order valence-corrected chi connectivity index (χ1v) is 8.95. The zero-order chi connectivity index (χ0) is 13.9. The van der Waals surface area contributed by atoms with Gasteiger partial charge in [0, 0.05) is 6.04 Å². The average Bonchev–Trinajstić information content (AvgIpc) is 2.85. The lowest BCUT2D eigenvalue weighted by molar-refractivity contribution is 0.552. The molecular weight excluding hydrogens is 346 g/mol.